The van der Waals surface area contributed by atoms with Gasteiger partial charge in [0, 0.05) is 42.6 Å². The van der Waals surface area contributed by atoms with Crippen LogP contribution < -0.4 is 4.90 Å². The fourth-order valence-electron chi connectivity index (χ4n) is 2.99. The molecule has 1 amide bonds. The molecular formula is C13H14BrN3O3. The molecule has 0 aromatic heterocycles. The molecule has 106 valence electrons. The Balaban J connectivity index is 1.87. The molecule has 2 saturated heterocycles. The number of benzene rings is 1. The molecule has 1 aromatic rings. The van der Waals surface area contributed by atoms with Crippen molar-refractivity contribution in [2.24, 2.45) is 0 Å². The van der Waals surface area contributed by atoms with Crippen molar-refractivity contribution in [2.75, 3.05) is 24.5 Å². The molecule has 0 N–H and O–H groups in total. The summed E-state index contributed by atoms with van der Waals surface area (Å²) < 4.78 is 0.697. The predicted molar refractivity (Wildman–Crippen MR) is 77.7 cm³/mol. The number of hydrogen-bond donors (Lipinski definition) is 0. The van der Waals surface area contributed by atoms with Crippen LogP contribution in [0.3, 0.4) is 0 Å². The largest absolute Gasteiger partial charge is 0.362 e. The lowest BCUT2D eigenvalue weighted by Crippen LogP contribution is -2.51. The molecule has 20 heavy (non-hydrogen) atoms. The molecule has 0 aliphatic carbocycles. The number of nitrogens with zero attached hydrogens (tertiary/aromatic N) is 3. The first-order valence-corrected chi connectivity index (χ1v) is 7.34. The molecule has 1 unspecified atom stereocenters. The maximum Gasteiger partial charge on any atom is 0.293 e. The Morgan fingerprint density at radius 1 is 1.35 bits per heavy atom. The van der Waals surface area contributed by atoms with E-state index in [1.54, 1.807) is 6.07 Å². The zero-order valence-electron chi connectivity index (χ0n) is 10.8. The highest BCUT2D eigenvalue weighted by Gasteiger charge is 2.36. The van der Waals surface area contributed by atoms with E-state index in [1.165, 1.54) is 6.07 Å². The second-order valence-corrected chi connectivity index (χ2v) is 6.03. The van der Waals surface area contributed by atoms with Gasteiger partial charge in [0.15, 0.2) is 0 Å². The number of carbonyl (C=O) groups is 1. The number of piperazine rings is 1. The summed E-state index contributed by atoms with van der Waals surface area (Å²) in [6.07, 6.45) is 1.45. The predicted octanol–water partition coefficient (Wildman–Crippen LogP) is 2.17. The molecular weight excluding hydrogens is 326 g/mol. The average Bonchev–Trinajstić information content (AvgIpc) is 2.80. The minimum absolute atomic E-state index is 0.108. The number of amides is 1. The van der Waals surface area contributed by atoms with E-state index in [0.717, 1.165) is 6.42 Å². The molecule has 2 fully saturated rings. The van der Waals surface area contributed by atoms with Crippen molar-refractivity contribution in [2.45, 2.75) is 18.9 Å². The first kappa shape index (κ1) is 13.4. The third kappa shape index (κ3) is 2.26. The lowest BCUT2D eigenvalue weighted by atomic mass is 10.1. The number of hydrogen-bond acceptors (Lipinski definition) is 4. The van der Waals surface area contributed by atoms with Crippen LogP contribution in [0, 0.1) is 10.1 Å². The van der Waals surface area contributed by atoms with Gasteiger partial charge in [-0.25, -0.2) is 0 Å². The molecule has 3 rings (SSSR count). The molecule has 2 heterocycles. The van der Waals surface area contributed by atoms with Gasteiger partial charge in [0.05, 0.1) is 4.92 Å². The third-order valence-electron chi connectivity index (χ3n) is 3.97. The van der Waals surface area contributed by atoms with Gasteiger partial charge < -0.3 is 9.80 Å². The number of nitro benzene ring substituents is 1. The van der Waals surface area contributed by atoms with E-state index in [1.807, 2.05) is 15.9 Å². The van der Waals surface area contributed by atoms with Gasteiger partial charge in [0.2, 0.25) is 5.91 Å². The van der Waals surface area contributed by atoms with Crippen molar-refractivity contribution in [1.29, 1.82) is 0 Å². The summed E-state index contributed by atoms with van der Waals surface area (Å²) >= 11 is 3.27. The number of nitro groups is 1. The summed E-state index contributed by atoms with van der Waals surface area (Å²) in [6.45, 7) is 1.97. The second kappa shape index (κ2) is 5.05. The Bertz CT molecular complexity index is 578. The normalized spacial score (nSPS) is 22.1. The van der Waals surface area contributed by atoms with Crippen molar-refractivity contribution in [3.8, 4) is 0 Å². The highest BCUT2D eigenvalue weighted by Crippen LogP contribution is 2.34. The lowest BCUT2D eigenvalue weighted by Gasteiger charge is -2.38. The van der Waals surface area contributed by atoms with E-state index < -0.39 is 0 Å². The average molecular weight is 340 g/mol. The molecule has 0 saturated carbocycles. The fraction of sp³-hybridized carbons (Fsp3) is 0.462. The Hall–Kier alpha value is -1.63. The van der Waals surface area contributed by atoms with Crippen LogP contribution in [-0.2, 0) is 4.79 Å². The molecule has 7 heteroatoms. The van der Waals surface area contributed by atoms with E-state index in [2.05, 4.69) is 15.9 Å². The van der Waals surface area contributed by atoms with Gasteiger partial charge in [-0.3, -0.25) is 14.9 Å². The quantitative estimate of drug-likeness (QED) is 0.611. The maximum absolute atomic E-state index is 11.7. The van der Waals surface area contributed by atoms with Gasteiger partial charge in [-0.1, -0.05) is 15.9 Å². The van der Waals surface area contributed by atoms with Crippen LogP contribution >= 0.6 is 15.9 Å². The highest BCUT2D eigenvalue weighted by molar-refractivity contribution is 9.10. The van der Waals surface area contributed by atoms with Gasteiger partial charge >= 0.3 is 0 Å². The van der Waals surface area contributed by atoms with Crippen LogP contribution in [0.15, 0.2) is 22.7 Å². The lowest BCUT2D eigenvalue weighted by molar-refractivity contribution is -0.384. The van der Waals surface area contributed by atoms with Gasteiger partial charge in [0.1, 0.15) is 5.69 Å². The maximum atomic E-state index is 11.7. The first-order valence-electron chi connectivity index (χ1n) is 6.54. The molecule has 1 atom stereocenters. The zero-order chi connectivity index (χ0) is 14.3. The van der Waals surface area contributed by atoms with Crippen molar-refractivity contribution in [1.82, 2.24) is 4.90 Å². The highest BCUT2D eigenvalue weighted by atomic mass is 79.9. The van der Waals surface area contributed by atoms with Crippen molar-refractivity contribution < 1.29 is 9.72 Å². The Morgan fingerprint density at radius 3 is 2.90 bits per heavy atom. The number of halogens is 1. The van der Waals surface area contributed by atoms with Crippen LogP contribution in [0.4, 0.5) is 11.4 Å². The minimum Gasteiger partial charge on any atom is -0.362 e. The molecule has 0 radical (unpaired) electrons. The zero-order valence-corrected chi connectivity index (χ0v) is 12.4. The van der Waals surface area contributed by atoms with Crippen LogP contribution in [0.2, 0.25) is 0 Å². The van der Waals surface area contributed by atoms with E-state index in [-0.39, 0.29) is 22.6 Å². The monoisotopic (exact) mass is 339 g/mol. The molecule has 2 aliphatic rings. The van der Waals surface area contributed by atoms with Crippen LogP contribution in [0.25, 0.3) is 0 Å². The van der Waals surface area contributed by atoms with Crippen molar-refractivity contribution in [3.05, 3.63) is 32.8 Å². The fourth-order valence-corrected chi connectivity index (χ4v) is 3.34. The van der Waals surface area contributed by atoms with E-state index in [4.69, 9.17) is 0 Å². The second-order valence-electron chi connectivity index (χ2n) is 5.12. The van der Waals surface area contributed by atoms with Gasteiger partial charge in [-0.05, 0) is 18.6 Å². The van der Waals surface area contributed by atoms with E-state index in [9.17, 15) is 14.9 Å². The molecule has 1 aromatic carbocycles. The SMILES string of the molecule is O=C1CCC2CN(c3ccc(Br)cc3[N+](=O)[O-])CCN12. The Labute approximate surface area is 124 Å². The summed E-state index contributed by atoms with van der Waals surface area (Å²) in [6, 6.07) is 5.31. The Kier molecular flexibility index (Phi) is 3.37. The summed E-state index contributed by atoms with van der Waals surface area (Å²) in [5, 5.41) is 11.2. The third-order valence-corrected chi connectivity index (χ3v) is 4.46. The van der Waals surface area contributed by atoms with Gasteiger partial charge in [-0.15, -0.1) is 0 Å². The van der Waals surface area contributed by atoms with Gasteiger partial charge in [0.25, 0.3) is 5.69 Å². The smallest absolute Gasteiger partial charge is 0.293 e. The number of fused-ring (bicyclic) bond motifs is 1. The minimum atomic E-state index is -0.355. The van der Waals surface area contributed by atoms with Crippen molar-refractivity contribution in [3.63, 3.8) is 0 Å². The van der Waals surface area contributed by atoms with Crippen LogP contribution in [0.5, 0.6) is 0 Å². The summed E-state index contributed by atoms with van der Waals surface area (Å²) in [5.41, 5.74) is 0.745. The number of carbonyl (C=O) groups excluding carboxylic acids is 1. The number of anilines is 1. The summed E-state index contributed by atoms with van der Waals surface area (Å²) in [5.74, 6) is 0.208. The summed E-state index contributed by atoms with van der Waals surface area (Å²) in [4.78, 5) is 26.4. The first-order chi connectivity index (χ1) is 9.56. The summed E-state index contributed by atoms with van der Waals surface area (Å²) in [7, 11) is 0. The topological polar surface area (TPSA) is 66.7 Å². The molecule has 0 bridgehead atoms. The van der Waals surface area contributed by atoms with E-state index in [0.29, 0.717) is 36.2 Å². The van der Waals surface area contributed by atoms with Crippen LogP contribution in [-0.4, -0.2) is 41.4 Å². The standard InChI is InChI=1S/C13H14BrN3O3/c14-9-1-3-11(12(7-9)17(19)20)15-5-6-16-10(8-15)2-4-13(16)18/h1,3,7,10H,2,4-6,8H2. The molecule has 6 nitrogen and oxygen atoms in total. The molecule has 2 aliphatic heterocycles. The van der Waals surface area contributed by atoms with E-state index >= 15 is 0 Å². The van der Waals surface area contributed by atoms with Crippen LogP contribution in [0.1, 0.15) is 12.8 Å². The van der Waals surface area contributed by atoms with Crippen molar-refractivity contribution >= 4 is 33.2 Å². The molecule has 0 spiro atoms. The Morgan fingerprint density at radius 2 is 2.15 bits per heavy atom. The van der Waals surface area contributed by atoms with Gasteiger partial charge in [-0.2, -0.15) is 0 Å². The number of rotatable bonds is 2.